The number of hydrogen-bond donors (Lipinski definition) is 0. The van der Waals surface area contributed by atoms with Crippen LogP contribution in [0.3, 0.4) is 0 Å². The Hall–Kier alpha value is -1.38. The van der Waals surface area contributed by atoms with Crippen LogP contribution in [0.4, 0.5) is 0 Å². The van der Waals surface area contributed by atoms with E-state index in [2.05, 4.69) is 13.8 Å². The summed E-state index contributed by atoms with van der Waals surface area (Å²) in [5.74, 6) is -0.0660. The number of ketones is 1. The number of esters is 1. The minimum absolute atomic E-state index is 0.0366. The van der Waals surface area contributed by atoms with Crippen molar-refractivity contribution in [3.05, 3.63) is 23.8 Å². The average molecular weight is 248 g/mol. The van der Waals surface area contributed by atoms with Crippen molar-refractivity contribution in [3.8, 4) is 0 Å². The highest BCUT2D eigenvalue weighted by Gasteiger charge is 2.38. The lowest BCUT2D eigenvalue weighted by Gasteiger charge is -2.31. The molecule has 0 fully saturated rings. The fourth-order valence-electron chi connectivity index (χ4n) is 2.65. The molecule has 2 unspecified atom stereocenters. The van der Waals surface area contributed by atoms with Crippen molar-refractivity contribution < 1.29 is 14.3 Å². The summed E-state index contributed by atoms with van der Waals surface area (Å²) in [5.41, 5.74) is 0.546. The van der Waals surface area contributed by atoms with Crippen molar-refractivity contribution in [2.24, 2.45) is 11.3 Å². The van der Waals surface area contributed by atoms with Crippen LogP contribution >= 0.6 is 0 Å². The van der Waals surface area contributed by atoms with Crippen molar-refractivity contribution in [1.29, 1.82) is 0 Å². The van der Waals surface area contributed by atoms with E-state index in [4.69, 9.17) is 4.74 Å². The lowest BCUT2D eigenvalue weighted by atomic mass is 9.77. The van der Waals surface area contributed by atoms with Gasteiger partial charge in [0.05, 0.1) is 0 Å². The van der Waals surface area contributed by atoms with E-state index in [0.29, 0.717) is 12.8 Å². The zero-order valence-corrected chi connectivity index (χ0v) is 11.2. The van der Waals surface area contributed by atoms with Gasteiger partial charge in [0, 0.05) is 16.9 Å². The van der Waals surface area contributed by atoms with Crippen molar-refractivity contribution in [1.82, 2.24) is 0 Å². The van der Waals surface area contributed by atoms with E-state index in [0.717, 1.165) is 12.0 Å². The van der Waals surface area contributed by atoms with E-state index >= 15 is 0 Å². The van der Waals surface area contributed by atoms with Crippen LogP contribution in [0.5, 0.6) is 0 Å². The molecule has 0 N–H and O–H groups in total. The van der Waals surface area contributed by atoms with Gasteiger partial charge in [0.25, 0.3) is 0 Å². The van der Waals surface area contributed by atoms with E-state index in [1.54, 1.807) is 6.08 Å². The third-order valence-electron chi connectivity index (χ3n) is 3.80. The molecule has 1 heterocycles. The quantitative estimate of drug-likeness (QED) is 0.619. The Balaban J connectivity index is 2.29. The Morgan fingerprint density at radius 1 is 1.33 bits per heavy atom. The molecule has 0 aromatic rings. The molecule has 2 bridgehead atoms. The first-order chi connectivity index (χ1) is 8.40. The molecule has 0 aromatic heterocycles. The molecule has 0 radical (unpaired) electrons. The molecule has 0 spiro atoms. The lowest BCUT2D eigenvalue weighted by molar-refractivity contribution is -0.144. The van der Waals surface area contributed by atoms with Crippen LogP contribution in [-0.4, -0.2) is 17.9 Å². The van der Waals surface area contributed by atoms with Crippen molar-refractivity contribution in [3.63, 3.8) is 0 Å². The largest absolute Gasteiger partial charge is 0.454 e. The van der Waals surface area contributed by atoms with Crippen molar-refractivity contribution >= 4 is 11.8 Å². The SMILES string of the molecule is CC1CC(C)(C)C2C=C(CC/C=C/C1=O)C(=O)O2. The van der Waals surface area contributed by atoms with Gasteiger partial charge in [-0.1, -0.05) is 26.8 Å². The Bertz CT molecular complexity index is 429. The first-order valence-electron chi connectivity index (χ1n) is 6.52. The molecule has 3 nitrogen and oxygen atoms in total. The van der Waals surface area contributed by atoms with E-state index in [-0.39, 0.29) is 29.2 Å². The van der Waals surface area contributed by atoms with E-state index in [1.807, 2.05) is 19.1 Å². The van der Waals surface area contributed by atoms with Gasteiger partial charge in [-0.05, 0) is 31.4 Å². The molecule has 0 saturated carbocycles. The highest BCUT2D eigenvalue weighted by Crippen LogP contribution is 2.37. The minimum Gasteiger partial charge on any atom is -0.454 e. The van der Waals surface area contributed by atoms with Crippen LogP contribution in [0.1, 0.15) is 40.0 Å². The van der Waals surface area contributed by atoms with Gasteiger partial charge < -0.3 is 4.74 Å². The van der Waals surface area contributed by atoms with E-state index in [9.17, 15) is 9.59 Å². The second-order valence-electron chi connectivity index (χ2n) is 5.95. The fourth-order valence-corrected chi connectivity index (χ4v) is 2.65. The number of hydrogen-bond acceptors (Lipinski definition) is 3. The number of allylic oxidation sites excluding steroid dienone is 2. The molecule has 1 aliphatic carbocycles. The summed E-state index contributed by atoms with van der Waals surface area (Å²) < 4.78 is 5.43. The first kappa shape index (κ1) is 13.1. The molecule has 2 rings (SSSR count). The van der Waals surface area contributed by atoms with Crippen LogP contribution in [0.25, 0.3) is 0 Å². The highest BCUT2D eigenvalue weighted by molar-refractivity contribution is 5.92. The zero-order chi connectivity index (χ0) is 13.3. The highest BCUT2D eigenvalue weighted by atomic mass is 16.5. The van der Waals surface area contributed by atoms with Crippen molar-refractivity contribution in [2.45, 2.75) is 46.1 Å². The monoisotopic (exact) mass is 248 g/mol. The number of fused-ring (bicyclic) bond motifs is 1. The van der Waals surface area contributed by atoms with Gasteiger partial charge in [0.1, 0.15) is 6.10 Å². The predicted octanol–water partition coefficient (Wildman–Crippen LogP) is 2.81. The van der Waals surface area contributed by atoms with Gasteiger partial charge >= 0.3 is 5.97 Å². The van der Waals surface area contributed by atoms with Gasteiger partial charge in [0.2, 0.25) is 0 Å². The summed E-state index contributed by atoms with van der Waals surface area (Å²) in [6.45, 7) is 6.04. The van der Waals surface area contributed by atoms with Crippen LogP contribution in [0.15, 0.2) is 23.8 Å². The molecule has 2 atom stereocenters. The van der Waals surface area contributed by atoms with Crippen LogP contribution in [-0.2, 0) is 14.3 Å². The summed E-state index contributed by atoms with van der Waals surface area (Å²) in [4.78, 5) is 23.6. The topological polar surface area (TPSA) is 43.4 Å². The van der Waals surface area contributed by atoms with E-state index < -0.39 is 0 Å². The van der Waals surface area contributed by atoms with Gasteiger partial charge in [-0.2, -0.15) is 0 Å². The molecule has 0 amide bonds. The van der Waals surface area contributed by atoms with Gasteiger partial charge in [-0.25, -0.2) is 4.79 Å². The molecule has 1 aliphatic heterocycles. The maximum atomic E-state index is 11.9. The molecule has 18 heavy (non-hydrogen) atoms. The maximum absolute atomic E-state index is 11.9. The Morgan fingerprint density at radius 3 is 2.78 bits per heavy atom. The Kier molecular flexibility index (Phi) is 3.42. The van der Waals surface area contributed by atoms with Crippen LogP contribution < -0.4 is 0 Å². The standard InChI is InChI=1S/C15H20O3/c1-10-9-15(2,3)13-8-11(14(17)18-13)6-4-5-7-12(10)16/h5,7-8,10,13H,4,6,9H2,1-3H3/b7-5+. The number of ether oxygens (including phenoxy) is 1. The van der Waals surface area contributed by atoms with Crippen LogP contribution in [0, 0.1) is 11.3 Å². The maximum Gasteiger partial charge on any atom is 0.334 e. The summed E-state index contributed by atoms with van der Waals surface area (Å²) in [6.07, 6.45) is 7.35. The molecule has 0 aromatic carbocycles. The Labute approximate surface area is 108 Å². The summed E-state index contributed by atoms with van der Waals surface area (Å²) >= 11 is 0. The Morgan fingerprint density at radius 2 is 2.06 bits per heavy atom. The second kappa shape index (κ2) is 4.71. The first-order valence-corrected chi connectivity index (χ1v) is 6.52. The summed E-state index contributed by atoms with van der Waals surface area (Å²) in [6, 6.07) is 0. The molecule has 3 heteroatoms. The van der Waals surface area contributed by atoms with Gasteiger partial charge in [-0.3, -0.25) is 4.79 Å². The number of rotatable bonds is 0. The lowest BCUT2D eigenvalue weighted by Crippen LogP contribution is -2.32. The predicted molar refractivity (Wildman–Crippen MR) is 68.9 cm³/mol. The second-order valence-corrected chi connectivity index (χ2v) is 5.95. The third-order valence-corrected chi connectivity index (χ3v) is 3.80. The minimum atomic E-state index is -0.204. The van der Waals surface area contributed by atoms with E-state index in [1.165, 1.54) is 0 Å². The van der Waals surface area contributed by atoms with Crippen molar-refractivity contribution in [2.75, 3.05) is 0 Å². The van der Waals surface area contributed by atoms with Gasteiger partial charge in [0.15, 0.2) is 5.78 Å². The third kappa shape index (κ3) is 2.55. The number of carbonyl (C=O) groups excluding carboxylic acids is 2. The molecule has 2 aliphatic rings. The molecular formula is C15H20O3. The normalized spacial score (nSPS) is 33.4. The molecular weight excluding hydrogens is 228 g/mol. The summed E-state index contributed by atoms with van der Waals surface area (Å²) in [5, 5.41) is 0. The molecule has 0 saturated heterocycles. The van der Waals surface area contributed by atoms with Crippen LogP contribution in [0.2, 0.25) is 0 Å². The number of carbonyl (C=O) groups is 2. The summed E-state index contributed by atoms with van der Waals surface area (Å²) in [7, 11) is 0. The average Bonchev–Trinajstić information content (AvgIpc) is 2.65. The zero-order valence-electron chi connectivity index (χ0n) is 11.2. The smallest absolute Gasteiger partial charge is 0.334 e. The fraction of sp³-hybridized carbons (Fsp3) is 0.600. The molecule has 98 valence electrons. The van der Waals surface area contributed by atoms with Gasteiger partial charge in [-0.15, -0.1) is 0 Å².